The smallest absolute Gasteiger partial charge is 0.230 e. The summed E-state index contributed by atoms with van der Waals surface area (Å²) in [7, 11) is 0. The number of hydrogen-bond donors (Lipinski definition) is 2. The molecule has 0 spiro atoms. The predicted octanol–water partition coefficient (Wildman–Crippen LogP) is 2.44. The molecule has 1 amide bonds. The summed E-state index contributed by atoms with van der Waals surface area (Å²) in [5, 5.41) is 6.40. The fraction of sp³-hybridized carbons (Fsp3) is 0.333. The predicted molar refractivity (Wildman–Crippen MR) is 93.4 cm³/mol. The molecule has 0 fully saturated rings. The maximum Gasteiger partial charge on any atom is 0.230 e. The van der Waals surface area contributed by atoms with E-state index in [2.05, 4.69) is 15.6 Å². The minimum atomic E-state index is 0.0600. The van der Waals surface area contributed by atoms with Crippen LogP contribution in [0, 0.1) is 6.92 Å². The summed E-state index contributed by atoms with van der Waals surface area (Å²) in [5.74, 6) is 0.498. The molecule has 1 aromatic carbocycles. The van der Waals surface area contributed by atoms with Gasteiger partial charge in [0.2, 0.25) is 5.91 Å². The fourth-order valence-corrected chi connectivity index (χ4v) is 3.53. The zero-order chi connectivity index (χ0) is 16.1. The number of pyridine rings is 1. The molecular weight excluding hydrogens is 306 g/mol. The average molecular weight is 327 g/mol. The van der Waals surface area contributed by atoms with Crippen molar-refractivity contribution >= 4 is 17.7 Å². The van der Waals surface area contributed by atoms with Gasteiger partial charge >= 0.3 is 0 Å². The van der Waals surface area contributed by atoms with Gasteiger partial charge in [-0.3, -0.25) is 9.78 Å². The minimum absolute atomic E-state index is 0.0600. The van der Waals surface area contributed by atoms with E-state index in [-0.39, 0.29) is 5.91 Å². The number of aryl methyl sites for hydroxylation is 1. The van der Waals surface area contributed by atoms with E-state index < -0.39 is 0 Å². The second kappa shape index (κ2) is 7.62. The van der Waals surface area contributed by atoms with Crippen LogP contribution in [-0.2, 0) is 24.3 Å². The molecule has 4 nitrogen and oxygen atoms in total. The second-order valence-electron chi connectivity index (χ2n) is 5.63. The third kappa shape index (κ3) is 4.12. The number of aromatic nitrogens is 1. The third-order valence-corrected chi connectivity index (χ3v) is 5.06. The molecule has 5 heteroatoms. The summed E-state index contributed by atoms with van der Waals surface area (Å²) < 4.78 is 0. The van der Waals surface area contributed by atoms with E-state index in [0.717, 1.165) is 30.1 Å². The van der Waals surface area contributed by atoms with Crippen LogP contribution in [0.15, 0.2) is 41.4 Å². The van der Waals surface area contributed by atoms with Gasteiger partial charge in [-0.25, -0.2) is 0 Å². The Morgan fingerprint density at radius 1 is 1.35 bits per heavy atom. The highest BCUT2D eigenvalue weighted by atomic mass is 32.2. The molecule has 1 aliphatic heterocycles. The number of benzene rings is 1. The van der Waals surface area contributed by atoms with E-state index in [1.54, 1.807) is 11.8 Å². The summed E-state index contributed by atoms with van der Waals surface area (Å²) in [6.07, 6.45) is 2.95. The zero-order valence-corrected chi connectivity index (χ0v) is 14.1. The monoisotopic (exact) mass is 327 g/mol. The molecule has 2 N–H and O–H groups in total. The van der Waals surface area contributed by atoms with Gasteiger partial charge in [0.1, 0.15) is 0 Å². The Labute approximate surface area is 141 Å². The van der Waals surface area contributed by atoms with Crippen molar-refractivity contribution in [3.05, 3.63) is 58.9 Å². The fourth-order valence-electron chi connectivity index (χ4n) is 2.78. The van der Waals surface area contributed by atoms with E-state index in [1.165, 1.54) is 16.7 Å². The quantitative estimate of drug-likeness (QED) is 0.828. The number of hydrogen-bond acceptors (Lipinski definition) is 4. The van der Waals surface area contributed by atoms with E-state index in [1.807, 2.05) is 43.5 Å². The highest BCUT2D eigenvalue weighted by Gasteiger charge is 2.16. The molecule has 120 valence electrons. The first-order valence-electron chi connectivity index (χ1n) is 7.85. The van der Waals surface area contributed by atoms with Crippen molar-refractivity contribution in [2.75, 3.05) is 12.3 Å². The molecule has 0 bridgehead atoms. The molecule has 0 radical (unpaired) electrons. The lowest BCUT2D eigenvalue weighted by molar-refractivity contribution is -0.118. The number of nitrogens with zero attached hydrogens (tertiary/aromatic N) is 1. The molecular formula is C18H21N3OS. The van der Waals surface area contributed by atoms with Gasteiger partial charge < -0.3 is 10.6 Å². The van der Waals surface area contributed by atoms with Crippen LogP contribution in [0.4, 0.5) is 0 Å². The Bertz CT molecular complexity index is 688. The van der Waals surface area contributed by atoms with Crippen LogP contribution in [0.5, 0.6) is 0 Å². The Kier molecular flexibility index (Phi) is 5.31. The van der Waals surface area contributed by atoms with E-state index >= 15 is 0 Å². The molecule has 2 heterocycles. The van der Waals surface area contributed by atoms with Crippen molar-refractivity contribution < 1.29 is 4.79 Å². The van der Waals surface area contributed by atoms with Crippen LogP contribution in [0.25, 0.3) is 0 Å². The molecule has 0 saturated heterocycles. The SMILES string of the molecule is Cc1ncc2c(c1CNC(=O)CSc1ccccc1)CCNC2. The molecule has 1 aliphatic rings. The number of thioether (sulfide) groups is 1. The molecule has 23 heavy (non-hydrogen) atoms. The van der Waals surface area contributed by atoms with Crippen LogP contribution in [-0.4, -0.2) is 23.2 Å². The standard InChI is InChI=1S/C18H21N3OS/c1-13-17(16-7-8-19-9-14(16)10-20-13)11-21-18(22)12-23-15-5-3-2-4-6-15/h2-6,10,19H,7-9,11-12H2,1H3,(H,21,22). The lowest BCUT2D eigenvalue weighted by Crippen LogP contribution is -2.29. The van der Waals surface area contributed by atoms with Gasteiger partial charge in [-0.15, -0.1) is 11.8 Å². The molecule has 0 unspecified atom stereocenters. The van der Waals surface area contributed by atoms with Gasteiger partial charge in [-0.05, 0) is 48.7 Å². The van der Waals surface area contributed by atoms with Crippen LogP contribution in [0.2, 0.25) is 0 Å². The van der Waals surface area contributed by atoms with E-state index in [9.17, 15) is 4.79 Å². The van der Waals surface area contributed by atoms with Crippen molar-refractivity contribution in [1.82, 2.24) is 15.6 Å². The summed E-state index contributed by atoms with van der Waals surface area (Å²) in [6, 6.07) is 9.99. The van der Waals surface area contributed by atoms with Gasteiger partial charge in [-0.2, -0.15) is 0 Å². The largest absolute Gasteiger partial charge is 0.351 e. The summed E-state index contributed by atoms with van der Waals surface area (Å²) in [5.41, 5.74) is 4.81. The molecule has 0 saturated carbocycles. The first kappa shape index (κ1) is 16.0. The minimum Gasteiger partial charge on any atom is -0.351 e. The normalized spacial score (nSPS) is 13.4. The van der Waals surface area contributed by atoms with Gasteiger partial charge in [0.15, 0.2) is 0 Å². The molecule has 0 atom stereocenters. The van der Waals surface area contributed by atoms with Crippen molar-refractivity contribution in [2.24, 2.45) is 0 Å². The van der Waals surface area contributed by atoms with Crippen molar-refractivity contribution in [1.29, 1.82) is 0 Å². The second-order valence-corrected chi connectivity index (χ2v) is 6.68. The molecule has 2 aromatic rings. The summed E-state index contributed by atoms with van der Waals surface area (Å²) in [6.45, 7) is 4.44. The summed E-state index contributed by atoms with van der Waals surface area (Å²) >= 11 is 1.56. The Balaban J connectivity index is 1.59. The van der Waals surface area contributed by atoms with Gasteiger partial charge in [0.25, 0.3) is 0 Å². The van der Waals surface area contributed by atoms with Gasteiger partial charge in [-0.1, -0.05) is 18.2 Å². The Hall–Kier alpha value is -1.85. The third-order valence-electron chi connectivity index (χ3n) is 4.05. The maximum absolute atomic E-state index is 12.1. The highest BCUT2D eigenvalue weighted by Crippen LogP contribution is 2.20. The molecule has 3 rings (SSSR count). The Morgan fingerprint density at radius 3 is 3.00 bits per heavy atom. The number of fused-ring (bicyclic) bond motifs is 1. The first-order valence-corrected chi connectivity index (χ1v) is 8.84. The van der Waals surface area contributed by atoms with Gasteiger partial charge in [0.05, 0.1) is 5.75 Å². The van der Waals surface area contributed by atoms with Crippen LogP contribution in [0.1, 0.15) is 22.4 Å². The first-order chi connectivity index (χ1) is 11.2. The highest BCUT2D eigenvalue weighted by molar-refractivity contribution is 8.00. The topological polar surface area (TPSA) is 54.0 Å². The van der Waals surface area contributed by atoms with Crippen LogP contribution >= 0.6 is 11.8 Å². The Morgan fingerprint density at radius 2 is 2.17 bits per heavy atom. The lowest BCUT2D eigenvalue weighted by atomic mass is 9.96. The van der Waals surface area contributed by atoms with Gasteiger partial charge in [0, 0.05) is 29.9 Å². The number of amides is 1. The average Bonchev–Trinajstić information content (AvgIpc) is 2.60. The maximum atomic E-state index is 12.1. The number of nitrogens with one attached hydrogen (secondary N) is 2. The number of rotatable bonds is 5. The lowest BCUT2D eigenvalue weighted by Gasteiger charge is -2.21. The van der Waals surface area contributed by atoms with Crippen LogP contribution < -0.4 is 10.6 Å². The van der Waals surface area contributed by atoms with Crippen LogP contribution in [0.3, 0.4) is 0 Å². The van der Waals surface area contributed by atoms with Crippen molar-refractivity contribution in [2.45, 2.75) is 31.3 Å². The zero-order valence-electron chi connectivity index (χ0n) is 13.3. The molecule has 1 aromatic heterocycles. The van der Waals surface area contributed by atoms with E-state index in [0.29, 0.717) is 12.3 Å². The van der Waals surface area contributed by atoms with Crippen molar-refractivity contribution in [3.8, 4) is 0 Å². The van der Waals surface area contributed by atoms with E-state index in [4.69, 9.17) is 0 Å². The molecule has 0 aliphatic carbocycles. The summed E-state index contributed by atoms with van der Waals surface area (Å²) in [4.78, 5) is 17.7. The number of carbonyl (C=O) groups excluding carboxylic acids is 1. The number of carbonyl (C=O) groups is 1. The van der Waals surface area contributed by atoms with Crippen molar-refractivity contribution in [3.63, 3.8) is 0 Å².